The lowest BCUT2D eigenvalue weighted by Gasteiger charge is -2.40. The maximum Gasteiger partial charge on any atom is 0.244 e. The minimum absolute atomic E-state index is 0.0650. The van der Waals surface area contributed by atoms with Gasteiger partial charge in [0, 0.05) is 19.3 Å². The van der Waals surface area contributed by atoms with Gasteiger partial charge in [0.1, 0.15) is 5.82 Å². The number of amides is 1. The summed E-state index contributed by atoms with van der Waals surface area (Å²) in [4.78, 5) is 24.2. The number of likely N-dealkylation sites (tertiary alicyclic amines) is 1. The Morgan fingerprint density at radius 2 is 1.65 bits per heavy atom. The van der Waals surface area contributed by atoms with Crippen LogP contribution in [0.3, 0.4) is 0 Å². The van der Waals surface area contributed by atoms with Crippen LogP contribution >= 0.6 is 0 Å². The van der Waals surface area contributed by atoms with Crippen LogP contribution in [0.25, 0.3) is 0 Å². The molecule has 5 heteroatoms. The summed E-state index contributed by atoms with van der Waals surface area (Å²) in [7, 11) is 0. The number of benzene rings is 1. The van der Waals surface area contributed by atoms with Crippen LogP contribution in [0.1, 0.15) is 26.2 Å². The van der Waals surface area contributed by atoms with E-state index in [1.807, 2.05) is 47.5 Å². The van der Waals surface area contributed by atoms with Gasteiger partial charge in [-0.3, -0.25) is 9.69 Å². The first-order valence-electron chi connectivity index (χ1n) is 9.59. The molecule has 0 radical (unpaired) electrons. The largest absolute Gasteiger partial charge is 0.323 e. The fourth-order valence-electron chi connectivity index (χ4n) is 4.03. The molecule has 0 saturated carbocycles. The zero-order valence-corrected chi connectivity index (χ0v) is 15.3. The molecule has 2 aromatic rings. The Balaban J connectivity index is 1.61. The van der Waals surface area contributed by atoms with Crippen LogP contribution in [-0.2, 0) is 4.79 Å². The molecule has 2 aliphatic heterocycles. The first kappa shape index (κ1) is 17.0. The number of aromatic nitrogens is 1. The van der Waals surface area contributed by atoms with Gasteiger partial charge in [0.2, 0.25) is 5.91 Å². The van der Waals surface area contributed by atoms with Crippen molar-refractivity contribution in [2.75, 3.05) is 36.0 Å². The highest BCUT2D eigenvalue weighted by Gasteiger charge is 2.32. The van der Waals surface area contributed by atoms with Crippen LogP contribution in [0.2, 0.25) is 0 Å². The zero-order chi connectivity index (χ0) is 17.9. The standard InChI is InChI=1S/C21H26N4O/c1-17(23-13-7-2-8-14-23)21(26)25-16-15-24(20-11-5-6-12-22-20)18-9-3-4-10-19(18)25/h3-6,9-12,17H,2,7-8,13-16H2,1H3. The number of hydrogen-bond acceptors (Lipinski definition) is 4. The van der Waals surface area contributed by atoms with Gasteiger partial charge in [-0.15, -0.1) is 0 Å². The van der Waals surface area contributed by atoms with Crippen molar-refractivity contribution in [3.8, 4) is 0 Å². The molecule has 0 bridgehead atoms. The maximum absolute atomic E-state index is 13.3. The molecule has 0 N–H and O–H groups in total. The number of anilines is 3. The number of rotatable bonds is 3. The van der Waals surface area contributed by atoms with Crippen LogP contribution in [0.15, 0.2) is 48.7 Å². The number of hydrogen-bond donors (Lipinski definition) is 0. The Morgan fingerprint density at radius 3 is 2.38 bits per heavy atom. The van der Waals surface area contributed by atoms with Crippen LogP contribution in [-0.4, -0.2) is 48.0 Å². The Kier molecular flexibility index (Phi) is 4.89. The predicted molar refractivity (Wildman–Crippen MR) is 105 cm³/mol. The first-order valence-corrected chi connectivity index (χ1v) is 9.59. The lowest BCUT2D eigenvalue weighted by Crippen LogP contribution is -2.52. The minimum atomic E-state index is -0.0650. The summed E-state index contributed by atoms with van der Waals surface area (Å²) in [5, 5.41) is 0. The molecule has 1 aromatic heterocycles. The van der Waals surface area contributed by atoms with E-state index in [0.29, 0.717) is 6.54 Å². The molecule has 1 amide bonds. The Bertz CT molecular complexity index is 758. The van der Waals surface area contributed by atoms with E-state index >= 15 is 0 Å². The molecule has 1 aromatic carbocycles. The molecule has 1 saturated heterocycles. The number of carbonyl (C=O) groups excluding carboxylic acids is 1. The second kappa shape index (κ2) is 7.46. The van der Waals surface area contributed by atoms with Crippen molar-refractivity contribution in [1.82, 2.24) is 9.88 Å². The molecule has 4 rings (SSSR count). The average molecular weight is 350 g/mol. The third-order valence-corrected chi connectivity index (χ3v) is 5.50. The number of pyridine rings is 1. The van der Waals surface area contributed by atoms with Crippen molar-refractivity contribution in [2.45, 2.75) is 32.2 Å². The number of carbonyl (C=O) groups is 1. The summed E-state index contributed by atoms with van der Waals surface area (Å²) in [5.74, 6) is 1.14. The van der Waals surface area contributed by atoms with Gasteiger partial charge < -0.3 is 9.80 Å². The van der Waals surface area contributed by atoms with Gasteiger partial charge in [-0.2, -0.15) is 0 Å². The van der Waals surface area contributed by atoms with Crippen LogP contribution in [0.5, 0.6) is 0 Å². The Labute approximate surface area is 155 Å². The van der Waals surface area contributed by atoms with Crippen LogP contribution in [0, 0.1) is 0 Å². The molecule has 0 aliphatic carbocycles. The lowest BCUT2D eigenvalue weighted by atomic mass is 10.1. The fraction of sp³-hybridized carbons (Fsp3) is 0.429. The quantitative estimate of drug-likeness (QED) is 0.850. The van der Waals surface area contributed by atoms with Gasteiger partial charge in [0.25, 0.3) is 0 Å². The molecule has 136 valence electrons. The second-order valence-electron chi connectivity index (χ2n) is 7.09. The molecule has 26 heavy (non-hydrogen) atoms. The Hall–Kier alpha value is -2.40. The summed E-state index contributed by atoms with van der Waals surface area (Å²) >= 11 is 0. The molecular formula is C21H26N4O. The van der Waals surface area contributed by atoms with Gasteiger partial charge in [0.05, 0.1) is 17.4 Å². The predicted octanol–water partition coefficient (Wildman–Crippen LogP) is 3.44. The van der Waals surface area contributed by atoms with Gasteiger partial charge in [-0.1, -0.05) is 24.6 Å². The van der Waals surface area contributed by atoms with E-state index in [0.717, 1.165) is 36.8 Å². The number of fused-ring (bicyclic) bond motifs is 1. The molecule has 2 aliphatic rings. The second-order valence-corrected chi connectivity index (χ2v) is 7.09. The maximum atomic E-state index is 13.3. The molecular weight excluding hydrogens is 324 g/mol. The smallest absolute Gasteiger partial charge is 0.244 e. The summed E-state index contributed by atoms with van der Waals surface area (Å²) < 4.78 is 0. The SMILES string of the molecule is CC(C(=O)N1CCN(c2ccccn2)c2ccccc21)N1CCCCC1. The monoisotopic (exact) mass is 350 g/mol. The summed E-state index contributed by atoms with van der Waals surface area (Å²) in [5.41, 5.74) is 2.04. The van der Waals surface area contributed by atoms with E-state index in [9.17, 15) is 4.79 Å². The third kappa shape index (κ3) is 3.19. The topological polar surface area (TPSA) is 39.7 Å². The number of nitrogens with zero attached hydrogens (tertiary/aromatic N) is 4. The molecule has 1 fully saturated rings. The Morgan fingerprint density at radius 1 is 0.923 bits per heavy atom. The van der Waals surface area contributed by atoms with Crippen LogP contribution in [0.4, 0.5) is 17.2 Å². The fourth-order valence-corrected chi connectivity index (χ4v) is 4.03. The average Bonchev–Trinajstić information content (AvgIpc) is 2.73. The van der Waals surface area contributed by atoms with Gasteiger partial charge >= 0.3 is 0 Å². The lowest BCUT2D eigenvalue weighted by molar-refractivity contribution is -0.123. The third-order valence-electron chi connectivity index (χ3n) is 5.50. The molecule has 1 atom stereocenters. The van der Waals surface area contributed by atoms with Crippen molar-refractivity contribution in [3.63, 3.8) is 0 Å². The van der Waals surface area contributed by atoms with Crippen molar-refractivity contribution in [3.05, 3.63) is 48.7 Å². The van der Waals surface area contributed by atoms with Gasteiger partial charge in [-0.25, -0.2) is 4.98 Å². The van der Waals surface area contributed by atoms with Gasteiger partial charge in [-0.05, 0) is 57.1 Å². The van der Waals surface area contributed by atoms with E-state index in [1.54, 1.807) is 0 Å². The molecule has 0 spiro atoms. The minimum Gasteiger partial charge on any atom is -0.323 e. The van der Waals surface area contributed by atoms with Crippen molar-refractivity contribution in [1.29, 1.82) is 0 Å². The van der Waals surface area contributed by atoms with Crippen molar-refractivity contribution in [2.24, 2.45) is 0 Å². The highest BCUT2D eigenvalue weighted by Crippen LogP contribution is 2.37. The first-order chi connectivity index (χ1) is 12.8. The summed E-state index contributed by atoms with van der Waals surface area (Å²) in [6.45, 7) is 5.56. The van der Waals surface area contributed by atoms with E-state index in [1.165, 1.54) is 19.3 Å². The highest BCUT2D eigenvalue weighted by atomic mass is 16.2. The van der Waals surface area contributed by atoms with E-state index in [2.05, 4.69) is 27.8 Å². The summed E-state index contributed by atoms with van der Waals surface area (Å²) in [6, 6.07) is 14.0. The van der Waals surface area contributed by atoms with E-state index in [-0.39, 0.29) is 11.9 Å². The number of para-hydroxylation sites is 2. The zero-order valence-electron chi connectivity index (χ0n) is 15.3. The van der Waals surface area contributed by atoms with Crippen molar-refractivity contribution >= 4 is 23.1 Å². The molecule has 3 heterocycles. The summed E-state index contributed by atoms with van der Waals surface area (Å²) in [6.07, 6.45) is 5.49. The van der Waals surface area contributed by atoms with Crippen molar-refractivity contribution < 1.29 is 4.79 Å². The highest BCUT2D eigenvalue weighted by molar-refractivity contribution is 6.01. The molecule has 1 unspecified atom stereocenters. The number of piperidine rings is 1. The van der Waals surface area contributed by atoms with E-state index < -0.39 is 0 Å². The molecule has 5 nitrogen and oxygen atoms in total. The van der Waals surface area contributed by atoms with Gasteiger partial charge in [0.15, 0.2) is 0 Å². The van der Waals surface area contributed by atoms with E-state index in [4.69, 9.17) is 0 Å². The normalized spacial score (nSPS) is 19.1. The van der Waals surface area contributed by atoms with Crippen LogP contribution < -0.4 is 9.80 Å².